The van der Waals surface area contributed by atoms with Crippen LogP contribution >= 0.6 is 0 Å². The van der Waals surface area contributed by atoms with E-state index in [-0.39, 0.29) is 18.2 Å². The van der Waals surface area contributed by atoms with Gasteiger partial charge in [0.05, 0.1) is 11.6 Å². The second kappa shape index (κ2) is 10.0. The summed E-state index contributed by atoms with van der Waals surface area (Å²) in [4.78, 5) is 11.9. The third-order valence-corrected chi connectivity index (χ3v) is 3.82. The number of hydrogen-bond acceptors (Lipinski definition) is 4. The predicted octanol–water partition coefficient (Wildman–Crippen LogP) is 4.29. The summed E-state index contributed by atoms with van der Waals surface area (Å²) in [6.45, 7) is 10.3. The van der Waals surface area contributed by atoms with Crippen molar-refractivity contribution >= 4 is 6.09 Å². The molecular weight excluding hydrogens is 314 g/mol. The number of nitrogens with one attached hydrogen (secondary N) is 2. The van der Waals surface area contributed by atoms with E-state index in [4.69, 9.17) is 10.00 Å². The van der Waals surface area contributed by atoms with E-state index >= 15 is 0 Å². The van der Waals surface area contributed by atoms with Gasteiger partial charge in [0.2, 0.25) is 0 Å². The van der Waals surface area contributed by atoms with Crippen LogP contribution in [-0.2, 0) is 4.74 Å². The number of alkyl carbamates (subject to hydrolysis) is 1. The van der Waals surface area contributed by atoms with Gasteiger partial charge in [-0.05, 0) is 51.8 Å². The molecule has 138 valence electrons. The second-order valence-electron chi connectivity index (χ2n) is 7.34. The van der Waals surface area contributed by atoms with E-state index in [9.17, 15) is 4.79 Å². The molecule has 0 aliphatic heterocycles. The molecule has 1 aromatic rings. The number of benzene rings is 1. The van der Waals surface area contributed by atoms with Gasteiger partial charge in [-0.2, -0.15) is 5.26 Å². The lowest BCUT2D eigenvalue weighted by atomic mass is 10.0. The Hall–Kier alpha value is -2.06. The molecule has 0 saturated heterocycles. The Bertz CT molecular complexity index is 570. The Morgan fingerprint density at radius 3 is 2.44 bits per heavy atom. The quantitative estimate of drug-likeness (QED) is 0.737. The van der Waals surface area contributed by atoms with E-state index in [0.29, 0.717) is 12.1 Å². The smallest absolute Gasteiger partial charge is 0.407 e. The average Bonchev–Trinajstić information content (AvgIpc) is 2.55. The van der Waals surface area contributed by atoms with Crippen LogP contribution in [0.15, 0.2) is 24.3 Å². The lowest BCUT2D eigenvalue weighted by Gasteiger charge is -2.25. The Morgan fingerprint density at radius 2 is 1.92 bits per heavy atom. The summed E-state index contributed by atoms with van der Waals surface area (Å²) in [6, 6.07) is 10.0. The molecule has 0 radical (unpaired) electrons. The third kappa shape index (κ3) is 8.55. The van der Waals surface area contributed by atoms with Gasteiger partial charge in [0.15, 0.2) is 0 Å². The second-order valence-corrected chi connectivity index (χ2v) is 7.34. The van der Waals surface area contributed by atoms with Crippen molar-refractivity contribution in [3.8, 4) is 6.07 Å². The van der Waals surface area contributed by atoms with Crippen molar-refractivity contribution in [1.29, 1.82) is 5.26 Å². The lowest BCUT2D eigenvalue weighted by Crippen LogP contribution is -2.43. The maximum Gasteiger partial charge on any atom is 0.407 e. The van der Waals surface area contributed by atoms with E-state index in [1.807, 2.05) is 45.0 Å². The summed E-state index contributed by atoms with van der Waals surface area (Å²) in [5.41, 5.74) is 1.29. The van der Waals surface area contributed by atoms with Crippen LogP contribution in [0.5, 0.6) is 0 Å². The number of ether oxygens (including phenoxy) is 1. The van der Waals surface area contributed by atoms with E-state index in [2.05, 4.69) is 30.6 Å². The molecule has 0 bridgehead atoms. The maximum atomic E-state index is 11.9. The Labute approximate surface area is 151 Å². The van der Waals surface area contributed by atoms with Crippen LogP contribution in [0.3, 0.4) is 0 Å². The Kier molecular flexibility index (Phi) is 8.44. The normalized spacial score (nSPS) is 13.6. The fraction of sp³-hybridized carbons (Fsp3) is 0.600. The zero-order valence-electron chi connectivity index (χ0n) is 16.1. The van der Waals surface area contributed by atoms with Gasteiger partial charge in [-0.15, -0.1) is 0 Å². The molecule has 0 saturated carbocycles. The average molecular weight is 345 g/mol. The first-order valence-corrected chi connectivity index (χ1v) is 8.98. The van der Waals surface area contributed by atoms with Crippen LogP contribution < -0.4 is 10.6 Å². The summed E-state index contributed by atoms with van der Waals surface area (Å²) in [5, 5.41) is 15.3. The molecule has 0 aromatic heterocycles. The van der Waals surface area contributed by atoms with Gasteiger partial charge in [-0.1, -0.05) is 31.9 Å². The number of rotatable bonds is 8. The molecule has 0 heterocycles. The van der Waals surface area contributed by atoms with Crippen molar-refractivity contribution in [2.75, 3.05) is 6.54 Å². The van der Waals surface area contributed by atoms with E-state index in [1.165, 1.54) is 0 Å². The monoisotopic (exact) mass is 345 g/mol. The minimum atomic E-state index is -0.494. The molecular formula is C20H31N3O2. The van der Waals surface area contributed by atoms with Gasteiger partial charge >= 0.3 is 6.09 Å². The highest BCUT2D eigenvalue weighted by Gasteiger charge is 2.18. The first-order valence-electron chi connectivity index (χ1n) is 8.98. The number of amides is 1. The van der Waals surface area contributed by atoms with Gasteiger partial charge < -0.3 is 15.4 Å². The molecule has 25 heavy (non-hydrogen) atoms. The SMILES string of the molecule is CCCCC(CNC(=O)OC(C)(C)C)NC(C)c1ccc(C#N)cc1. The molecule has 2 atom stereocenters. The van der Waals surface area contributed by atoms with Gasteiger partial charge in [-0.25, -0.2) is 4.79 Å². The van der Waals surface area contributed by atoms with Gasteiger partial charge in [0.1, 0.15) is 5.60 Å². The number of unbranched alkanes of at least 4 members (excludes halogenated alkanes) is 1. The number of carbonyl (C=O) groups is 1. The zero-order valence-corrected chi connectivity index (χ0v) is 16.1. The summed E-state index contributed by atoms with van der Waals surface area (Å²) in [6.07, 6.45) is 2.79. The Balaban J connectivity index is 2.61. The molecule has 2 unspecified atom stereocenters. The summed E-state index contributed by atoms with van der Waals surface area (Å²) < 4.78 is 5.30. The van der Waals surface area contributed by atoms with Crippen molar-refractivity contribution < 1.29 is 9.53 Å². The first-order chi connectivity index (χ1) is 11.7. The lowest BCUT2D eigenvalue weighted by molar-refractivity contribution is 0.0521. The number of hydrogen-bond donors (Lipinski definition) is 2. The van der Waals surface area contributed by atoms with Crippen LogP contribution in [0.1, 0.15) is 71.0 Å². The highest BCUT2D eigenvalue weighted by Crippen LogP contribution is 2.15. The van der Waals surface area contributed by atoms with Gasteiger partial charge in [-0.3, -0.25) is 0 Å². The van der Waals surface area contributed by atoms with E-state index in [1.54, 1.807) is 0 Å². The largest absolute Gasteiger partial charge is 0.444 e. The number of carbonyl (C=O) groups excluding carboxylic acids is 1. The number of nitrogens with zero attached hydrogens (tertiary/aromatic N) is 1. The van der Waals surface area contributed by atoms with E-state index in [0.717, 1.165) is 24.8 Å². The van der Waals surface area contributed by atoms with Crippen molar-refractivity contribution in [1.82, 2.24) is 10.6 Å². The molecule has 0 spiro atoms. The van der Waals surface area contributed by atoms with Crippen molar-refractivity contribution in [2.45, 2.75) is 71.6 Å². The van der Waals surface area contributed by atoms with Crippen molar-refractivity contribution in [3.63, 3.8) is 0 Å². The molecule has 0 aliphatic rings. The third-order valence-electron chi connectivity index (χ3n) is 3.82. The predicted molar refractivity (Wildman–Crippen MR) is 100 cm³/mol. The van der Waals surface area contributed by atoms with Crippen LogP contribution in [-0.4, -0.2) is 24.3 Å². The zero-order chi connectivity index (χ0) is 18.9. The van der Waals surface area contributed by atoms with Crippen molar-refractivity contribution in [3.05, 3.63) is 35.4 Å². The molecule has 2 N–H and O–H groups in total. The van der Waals surface area contributed by atoms with Crippen LogP contribution in [0.4, 0.5) is 4.79 Å². The number of nitriles is 1. The molecule has 1 amide bonds. The highest BCUT2D eigenvalue weighted by molar-refractivity contribution is 5.67. The molecule has 5 nitrogen and oxygen atoms in total. The molecule has 1 rings (SSSR count). The molecule has 5 heteroatoms. The van der Waals surface area contributed by atoms with Gasteiger partial charge in [0, 0.05) is 18.6 Å². The van der Waals surface area contributed by atoms with Crippen LogP contribution in [0, 0.1) is 11.3 Å². The topological polar surface area (TPSA) is 74.2 Å². The fourth-order valence-electron chi connectivity index (χ4n) is 2.51. The summed E-state index contributed by atoms with van der Waals surface area (Å²) in [5.74, 6) is 0. The van der Waals surface area contributed by atoms with E-state index < -0.39 is 5.60 Å². The summed E-state index contributed by atoms with van der Waals surface area (Å²) >= 11 is 0. The standard InChI is InChI=1S/C20H31N3O2/c1-6-7-8-18(14-22-19(24)25-20(3,4)5)23-15(2)17-11-9-16(13-21)10-12-17/h9-12,15,18,23H,6-8,14H2,1-5H3,(H,22,24). The maximum absolute atomic E-state index is 11.9. The summed E-state index contributed by atoms with van der Waals surface area (Å²) in [7, 11) is 0. The highest BCUT2D eigenvalue weighted by atomic mass is 16.6. The van der Waals surface area contributed by atoms with Crippen LogP contribution in [0.2, 0.25) is 0 Å². The minimum absolute atomic E-state index is 0.134. The molecule has 0 fully saturated rings. The molecule has 1 aromatic carbocycles. The minimum Gasteiger partial charge on any atom is -0.444 e. The van der Waals surface area contributed by atoms with Gasteiger partial charge in [0.25, 0.3) is 0 Å². The Morgan fingerprint density at radius 1 is 1.28 bits per heavy atom. The molecule has 0 aliphatic carbocycles. The van der Waals surface area contributed by atoms with Crippen molar-refractivity contribution in [2.24, 2.45) is 0 Å². The first kappa shape index (κ1) is 21.0. The fourth-order valence-corrected chi connectivity index (χ4v) is 2.51. The van der Waals surface area contributed by atoms with Crippen LogP contribution in [0.25, 0.3) is 0 Å².